The number of rotatable bonds is 1. The minimum Gasteiger partial charge on any atom is -0.0847 e. The second-order valence-electron chi connectivity index (χ2n) is 3.78. The third-order valence-corrected chi connectivity index (χ3v) is 2.94. The van der Waals surface area contributed by atoms with Crippen LogP contribution in [-0.4, -0.2) is 0 Å². The fraction of sp³-hybridized carbons (Fsp3) is 0.385. The van der Waals surface area contributed by atoms with Gasteiger partial charge in [-0.15, -0.1) is 0 Å². The van der Waals surface area contributed by atoms with Gasteiger partial charge in [-0.25, -0.2) is 0 Å². The quantitative estimate of drug-likeness (QED) is 0.567. The van der Waals surface area contributed by atoms with Crippen molar-refractivity contribution in [3.8, 4) is 0 Å². The first-order valence-electron chi connectivity index (χ1n) is 5.09. The molecule has 0 heteroatoms. The van der Waals surface area contributed by atoms with Crippen LogP contribution in [0.3, 0.4) is 0 Å². The third-order valence-electron chi connectivity index (χ3n) is 2.94. The second-order valence-corrected chi connectivity index (χ2v) is 3.78. The predicted octanol–water partition coefficient (Wildman–Crippen LogP) is 3.68. The van der Waals surface area contributed by atoms with E-state index in [4.69, 9.17) is 0 Å². The van der Waals surface area contributed by atoms with Crippen LogP contribution in [0.2, 0.25) is 0 Å². The standard InChI is InChI=1S/C13H16/c1-3-6-11-9-12-7-4-5-8-13(12)10(11)2/h4-8,10H,3,9H2,1-2H3/b11-6+. The summed E-state index contributed by atoms with van der Waals surface area (Å²) < 4.78 is 0. The summed E-state index contributed by atoms with van der Waals surface area (Å²) >= 11 is 0. The van der Waals surface area contributed by atoms with Gasteiger partial charge in [-0.1, -0.05) is 49.8 Å². The molecule has 0 nitrogen and oxygen atoms in total. The molecule has 0 bridgehead atoms. The SMILES string of the molecule is CC/C=C1\Cc2ccccc2C1C. The molecule has 2 rings (SSSR count). The smallest absolute Gasteiger partial charge is 0.00259 e. The maximum atomic E-state index is 2.38. The third kappa shape index (κ3) is 1.41. The Kier molecular flexibility index (Phi) is 2.22. The van der Waals surface area contributed by atoms with Crippen molar-refractivity contribution in [3.63, 3.8) is 0 Å². The number of allylic oxidation sites excluding steroid dienone is 2. The van der Waals surface area contributed by atoms with Crippen molar-refractivity contribution >= 4 is 0 Å². The van der Waals surface area contributed by atoms with Crippen LogP contribution in [0, 0.1) is 0 Å². The number of hydrogen-bond donors (Lipinski definition) is 0. The summed E-state index contributed by atoms with van der Waals surface area (Å²) in [4.78, 5) is 0. The van der Waals surface area contributed by atoms with E-state index in [1.807, 2.05) is 0 Å². The van der Waals surface area contributed by atoms with Crippen molar-refractivity contribution in [2.24, 2.45) is 0 Å². The first-order valence-corrected chi connectivity index (χ1v) is 5.09. The molecule has 1 aliphatic rings. The van der Waals surface area contributed by atoms with Gasteiger partial charge in [-0.2, -0.15) is 0 Å². The summed E-state index contributed by atoms with van der Waals surface area (Å²) in [5.41, 5.74) is 4.65. The molecule has 1 aromatic carbocycles. The normalized spacial score (nSPS) is 23.5. The lowest BCUT2D eigenvalue weighted by molar-refractivity contribution is 0.911. The maximum absolute atomic E-state index is 2.38. The van der Waals surface area contributed by atoms with E-state index in [1.54, 1.807) is 5.57 Å². The zero-order valence-corrected chi connectivity index (χ0v) is 8.38. The zero-order valence-electron chi connectivity index (χ0n) is 8.38. The molecule has 0 aromatic heterocycles. The van der Waals surface area contributed by atoms with Crippen LogP contribution < -0.4 is 0 Å². The Balaban J connectivity index is 2.38. The fourth-order valence-corrected chi connectivity index (χ4v) is 2.20. The molecule has 0 radical (unpaired) electrons. The molecule has 0 N–H and O–H groups in total. The summed E-state index contributed by atoms with van der Waals surface area (Å²) in [5.74, 6) is 0.649. The Labute approximate surface area is 80.3 Å². The molecule has 0 fully saturated rings. The summed E-state index contributed by atoms with van der Waals surface area (Å²) in [7, 11) is 0. The van der Waals surface area contributed by atoms with E-state index in [2.05, 4.69) is 44.2 Å². The van der Waals surface area contributed by atoms with Crippen molar-refractivity contribution in [2.45, 2.75) is 32.6 Å². The Morgan fingerprint density at radius 1 is 1.38 bits per heavy atom. The van der Waals surface area contributed by atoms with Crippen molar-refractivity contribution < 1.29 is 0 Å². The van der Waals surface area contributed by atoms with Crippen LogP contribution in [0.5, 0.6) is 0 Å². The van der Waals surface area contributed by atoms with Gasteiger partial charge in [-0.3, -0.25) is 0 Å². The van der Waals surface area contributed by atoms with Gasteiger partial charge < -0.3 is 0 Å². The number of fused-ring (bicyclic) bond motifs is 1. The number of benzene rings is 1. The average Bonchev–Trinajstić information content (AvgIpc) is 2.46. The highest BCUT2D eigenvalue weighted by Gasteiger charge is 2.21. The van der Waals surface area contributed by atoms with Crippen LogP contribution in [0.4, 0.5) is 0 Å². The van der Waals surface area contributed by atoms with Gasteiger partial charge in [0.25, 0.3) is 0 Å². The van der Waals surface area contributed by atoms with E-state index >= 15 is 0 Å². The Hall–Kier alpha value is -1.04. The van der Waals surface area contributed by atoms with Crippen LogP contribution in [0.1, 0.15) is 37.3 Å². The molecule has 1 unspecified atom stereocenters. The Bertz CT molecular complexity index is 334. The van der Waals surface area contributed by atoms with Gasteiger partial charge in [0.15, 0.2) is 0 Å². The fourth-order valence-electron chi connectivity index (χ4n) is 2.20. The van der Waals surface area contributed by atoms with Crippen molar-refractivity contribution in [2.75, 3.05) is 0 Å². The van der Waals surface area contributed by atoms with Crippen LogP contribution in [0.25, 0.3) is 0 Å². The number of hydrogen-bond acceptors (Lipinski definition) is 0. The average molecular weight is 172 g/mol. The van der Waals surface area contributed by atoms with Gasteiger partial charge in [-0.05, 0) is 24.0 Å². The van der Waals surface area contributed by atoms with E-state index in [0.29, 0.717) is 5.92 Å². The van der Waals surface area contributed by atoms with Gasteiger partial charge in [0, 0.05) is 5.92 Å². The lowest BCUT2D eigenvalue weighted by atomic mass is 10.00. The van der Waals surface area contributed by atoms with Crippen LogP contribution in [-0.2, 0) is 6.42 Å². The van der Waals surface area contributed by atoms with Crippen molar-refractivity contribution in [1.29, 1.82) is 0 Å². The molecule has 0 saturated heterocycles. The van der Waals surface area contributed by atoms with E-state index in [9.17, 15) is 0 Å². The summed E-state index contributed by atoms with van der Waals surface area (Å²) in [5, 5.41) is 0. The minimum atomic E-state index is 0.649. The van der Waals surface area contributed by atoms with Gasteiger partial charge in [0.05, 0.1) is 0 Å². The molecule has 0 saturated carbocycles. The molecule has 0 amide bonds. The van der Waals surface area contributed by atoms with E-state index in [0.717, 1.165) is 6.42 Å². The zero-order chi connectivity index (χ0) is 9.26. The molecule has 13 heavy (non-hydrogen) atoms. The summed E-state index contributed by atoms with van der Waals surface area (Å²) in [6, 6.07) is 8.80. The molecule has 1 atom stereocenters. The first-order chi connectivity index (χ1) is 6.33. The van der Waals surface area contributed by atoms with Crippen LogP contribution >= 0.6 is 0 Å². The molecular formula is C13H16. The monoisotopic (exact) mass is 172 g/mol. The van der Waals surface area contributed by atoms with Gasteiger partial charge in [0.2, 0.25) is 0 Å². The highest BCUT2D eigenvalue weighted by Crippen LogP contribution is 2.36. The van der Waals surface area contributed by atoms with E-state index in [-0.39, 0.29) is 0 Å². The lowest BCUT2D eigenvalue weighted by Gasteiger charge is -2.05. The molecule has 68 valence electrons. The Morgan fingerprint density at radius 3 is 2.85 bits per heavy atom. The largest absolute Gasteiger partial charge is 0.0847 e. The minimum absolute atomic E-state index is 0.649. The molecule has 0 aliphatic heterocycles. The first kappa shape index (κ1) is 8.55. The second kappa shape index (κ2) is 3.37. The highest BCUT2D eigenvalue weighted by atomic mass is 14.3. The maximum Gasteiger partial charge on any atom is 0.00259 e. The van der Waals surface area contributed by atoms with Crippen molar-refractivity contribution in [3.05, 3.63) is 47.0 Å². The summed E-state index contributed by atoms with van der Waals surface area (Å²) in [6.45, 7) is 4.52. The topological polar surface area (TPSA) is 0 Å². The lowest BCUT2D eigenvalue weighted by Crippen LogP contribution is -1.88. The predicted molar refractivity (Wildman–Crippen MR) is 56.9 cm³/mol. The van der Waals surface area contributed by atoms with Crippen molar-refractivity contribution in [1.82, 2.24) is 0 Å². The highest BCUT2D eigenvalue weighted by molar-refractivity contribution is 5.44. The molecular weight excluding hydrogens is 156 g/mol. The summed E-state index contributed by atoms with van der Waals surface area (Å²) in [6.07, 6.45) is 4.71. The molecule has 0 spiro atoms. The van der Waals surface area contributed by atoms with Gasteiger partial charge >= 0.3 is 0 Å². The van der Waals surface area contributed by atoms with E-state index in [1.165, 1.54) is 17.5 Å². The Morgan fingerprint density at radius 2 is 2.15 bits per heavy atom. The molecule has 1 aromatic rings. The van der Waals surface area contributed by atoms with Crippen LogP contribution in [0.15, 0.2) is 35.9 Å². The molecule has 0 heterocycles. The molecule has 1 aliphatic carbocycles. The van der Waals surface area contributed by atoms with Gasteiger partial charge in [0.1, 0.15) is 0 Å². The van der Waals surface area contributed by atoms with E-state index < -0.39 is 0 Å².